The highest BCUT2D eigenvalue weighted by Crippen LogP contribution is 2.51. The Hall–Kier alpha value is -1.98. The quantitative estimate of drug-likeness (QED) is 0.187. The van der Waals surface area contributed by atoms with Crippen LogP contribution in [0, 0.1) is 5.41 Å². The molecule has 0 aromatic heterocycles. The number of sulfone groups is 1. The number of rotatable bonds is 15. The number of anilines is 1. The molecule has 226 valence electrons. The second-order valence-electron chi connectivity index (χ2n) is 11.1. The Morgan fingerprint density at radius 3 is 2.35 bits per heavy atom. The van der Waals surface area contributed by atoms with Gasteiger partial charge in [0, 0.05) is 30.1 Å². The van der Waals surface area contributed by atoms with Crippen LogP contribution < -0.4 is 5.32 Å². The van der Waals surface area contributed by atoms with Gasteiger partial charge in [-0.25, -0.2) is 8.42 Å². The first-order chi connectivity index (χ1) is 18.8. The van der Waals surface area contributed by atoms with Crippen molar-refractivity contribution in [2.75, 3.05) is 44.0 Å². The average molecular weight is 597 g/mol. The van der Waals surface area contributed by atoms with Crippen molar-refractivity contribution in [3.05, 3.63) is 65.1 Å². The van der Waals surface area contributed by atoms with E-state index in [4.69, 9.17) is 4.55 Å². The van der Waals surface area contributed by atoms with Gasteiger partial charge in [-0.3, -0.25) is 4.55 Å². The molecule has 1 aromatic rings. The monoisotopic (exact) mass is 596 g/mol. The third-order valence-electron chi connectivity index (χ3n) is 7.53. The maximum atomic E-state index is 14.1. The molecule has 1 aliphatic rings. The molecule has 0 aliphatic carbocycles. The molecule has 0 unspecified atom stereocenters. The van der Waals surface area contributed by atoms with Gasteiger partial charge in [0.2, 0.25) is 0 Å². The van der Waals surface area contributed by atoms with Crippen LogP contribution in [0.3, 0.4) is 0 Å². The van der Waals surface area contributed by atoms with Crippen molar-refractivity contribution in [1.82, 2.24) is 4.90 Å². The van der Waals surface area contributed by atoms with E-state index in [2.05, 4.69) is 25.7 Å². The van der Waals surface area contributed by atoms with Crippen molar-refractivity contribution in [1.29, 1.82) is 0 Å². The van der Waals surface area contributed by atoms with Crippen LogP contribution >= 0.6 is 0 Å². The maximum Gasteiger partial charge on any atom is 0.264 e. The Kier molecular flexibility index (Phi) is 13.1. The summed E-state index contributed by atoms with van der Waals surface area (Å²) >= 11 is 0. The molecule has 0 bridgehead atoms. The molecule has 0 radical (unpaired) electrons. The van der Waals surface area contributed by atoms with Crippen molar-refractivity contribution in [2.24, 2.45) is 5.41 Å². The van der Waals surface area contributed by atoms with Gasteiger partial charge in [0.25, 0.3) is 10.1 Å². The molecule has 2 atom stereocenters. The lowest BCUT2D eigenvalue weighted by atomic mass is 9.67. The highest BCUT2D eigenvalue weighted by atomic mass is 32.2. The third kappa shape index (κ3) is 9.55. The lowest BCUT2D eigenvalue weighted by Crippen LogP contribution is -2.43. The van der Waals surface area contributed by atoms with Gasteiger partial charge in [-0.05, 0) is 62.7 Å². The molecule has 3 N–H and O–H groups in total. The highest BCUT2D eigenvalue weighted by molar-refractivity contribution is 7.95. The maximum absolute atomic E-state index is 14.1. The molecule has 1 saturated heterocycles. The topological polar surface area (TPSA) is 124 Å². The summed E-state index contributed by atoms with van der Waals surface area (Å²) < 4.78 is 59.4. The molecule has 0 saturated carbocycles. The van der Waals surface area contributed by atoms with E-state index in [1.165, 1.54) is 6.08 Å². The summed E-state index contributed by atoms with van der Waals surface area (Å²) in [4.78, 5) is 2.16. The molecule has 8 nitrogen and oxygen atoms in total. The largest absolute Gasteiger partial charge is 0.392 e. The predicted octanol–water partition coefficient (Wildman–Crippen LogP) is 5.17. The second kappa shape index (κ2) is 15.3. The second-order valence-corrected chi connectivity index (χ2v) is 14.7. The summed E-state index contributed by atoms with van der Waals surface area (Å²) in [5.74, 6) is -1.06. The number of hydrogen-bond donors (Lipinski definition) is 3. The van der Waals surface area contributed by atoms with Gasteiger partial charge in [-0.15, -0.1) is 0 Å². The minimum Gasteiger partial charge on any atom is -0.392 e. The van der Waals surface area contributed by atoms with Crippen LogP contribution in [0.15, 0.2) is 59.6 Å². The van der Waals surface area contributed by atoms with Crippen molar-refractivity contribution < 1.29 is 26.5 Å². The van der Waals surface area contributed by atoms with Crippen LogP contribution in [0.4, 0.5) is 5.69 Å². The van der Waals surface area contributed by atoms with Crippen LogP contribution in [0.25, 0.3) is 0 Å². The molecular formula is C30H48N2O6S2. The number of unbranched alkanes of at least 4 members (excludes halogenated alkanes) is 2. The predicted molar refractivity (Wildman–Crippen MR) is 165 cm³/mol. The third-order valence-corrected chi connectivity index (χ3v) is 10.3. The molecule has 2 rings (SSSR count). The van der Waals surface area contributed by atoms with Gasteiger partial charge >= 0.3 is 0 Å². The smallest absolute Gasteiger partial charge is 0.264 e. The molecular weight excluding hydrogens is 548 g/mol. The number of hydrogen-bond acceptors (Lipinski definition) is 7. The van der Waals surface area contributed by atoms with Crippen molar-refractivity contribution in [3.63, 3.8) is 0 Å². The van der Waals surface area contributed by atoms with E-state index in [1.807, 2.05) is 49.3 Å². The van der Waals surface area contributed by atoms with Gasteiger partial charge < -0.3 is 15.3 Å². The SMILES string of the molecule is C=C/C=C1\C(=C/CN(C)C)[C@@H](c2cccc(NCCCS(=O)(=O)O)c2)[C@@H](O)C(CCCC)(CCCC)CS1(=O)=O. The fourth-order valence-corrected chi connectivity index (χ4v) is 8.28. The van der Waals surface area contributed by atoms with Crippen molar-refractivity contribution in [2.45, 2.75) is 70.8 Å². The van der Waals surface area contributed by atoms with Crippen LogP contribution in [0.5, 0.6) is 0 Å². The van der Waals surface area contributed by atoms with Gasteiger partial charge in [0.15, 0.2) is 9.84 Å². The molecule has 0 amide bonds. The number of aliphatic hydroxyl groups excluding tert-OH is 1. The Balaban J connectivity index is 2.73. The zero-order valence-electron chi connectivity index (χ0n) is 24.5. The highest BCUT2D eigenvalue weighted by Gasteiger charge is 2.50. The first-order valence-electron chi connectivity index (χ1n) is 14.2. The van der Waals surface area contributed by atoms with Gasteiger partial charge in [0.05, 0.1) is 22.5 Å². The van der Waals surface area contributed by atoms with E-state index in [-0.39, 0.29) is 22.8 Å². The van der Waals surface area contributed by atoms with Crippen molar-refractivity contribution >= 4 is 25.6 Å². The Morgan fingerprint density at radius 2 is 1.80 bits per heavy atom. The van der Waals surface area contributed by atoms with Gasteiger partial charge in [0.1, 0.15) is 0 Å². The number of likely N-dealkylation sites (N-methyl/N-ethyl adjacent to an activating group) is 1. The normalized spacial score (nSPS) is 22.9. The fourth-order valence-electron chi connectivity index (χ4n) is 5.53. The summed E-state index contributed by atoms with van der Waals surface area (Å²) in [6.45, 7) is 8.76. The standard InChI is InChI=1S/C30H48N2O6S2/c1-6-9-17-30(18-10-7-2)23-39(34,35)27(13-8-3)26(16-20-32(4)5)28(29(30)33)24-14-11-15-25(22-24)31-19-12-21-40(36,37)38/h8,11,13-16,22,28-29,31,33H,3,6-7,9-10,12,17-21,23H2,1-2,4-5H3,(H,36,37,38)/b26-16+,27-13+/t28-,29-/m1/s1. The molecule has 1 heterocycles. The number of nitrogens with one attached hydrogen (secondary N) is 1. The van der Waals surface area contributed by atoms with E-state index in [1.54, 1.807) is 6.08 Å². The molecule has 1 fully saturated rings. The van der Waals surface area contributed by atoms with E-state index < -0.39 is 37.4 Å². The minimum atomic E-state index is -4.04. The van der Waals surface area contributed by atoms with E-state index in [0.29, 0.717) is 31.5 Å². The number of nitrogens with zero attached hydrogens (tertiary/aromatic N) is 1. The van der Waals surface area contributed by atoms with Gasteiger partial charge in [-0.2, -0.15) is 8.42 Å². The molecule has 1 aromatic carbocycles. The number of allylic oxidation sites excluding steroid dienone is 3. The van der Waals surface area contributed by atoms with Crippen LogP contribution in [0.2, 0.25) is 0 Å². The Bertz CT molecular complexity index is 1240. The minimum absolute atomic E-state index is 0.121. The van der Waals surface area contributed by atoms with Crippen LogP contribution in [-0.4, -0.2) is 76.2 Å². The Labute approximate surface area is 241 Å². The molecule has 0 spiro atoms. The molecule has 1 aliphatic heterocycles. The van der Waals surface area contributed by atoms with Crippen LogP contribution in [-0.2, 0) is 20.0 Å². The zero-order valence-corrected chi connectivity index (χ0v) is 26.1. The fraction of sp³-hybridized carbons (Fsp3) is 0.600. The molecule has 10 heteroatoms. The lowest BCUT2D eigenvalue weighted by Gasteiger charge is -2.40. The zero-order chi connectivity index (χ0) is 30.0. The molecule has 40 heavy (non-hydrogen) atoms. The lowest BCUT2D eigenvalue weighted by molar-refractivity contribution is 0.0128. The summed E-state index contributed by atoms with van der Waals surface area (Å²) in [6.07, 6.45) is 8.88. The number of aliphatic hydroxyl groups is 1. The summed E-state index contributed by atoms with van der Waals surface area (Å²) in [6, 6.07) is 7.52. The van der Waals surface area contributed by atoms with Gasteiger partial charge in [-0.1, -0.05) is 70.4 Å². The Morgan fingerprint density at radius 1 is 1.15 bits per heavy atom. The van der Waals surface area contributed by atoms with E-state index in [0.717, 1.165) is 36.9 Å². The first-order valence-corrected chi connectivity index (χ1v) is 17.4. The summed E-state index contributed by atoms with van der Waals surface area (Å²) in [7, 11) is -3.98. The summed E-state index contributed by atoms with van der Waals surface area (Å²) in [5, 5.41) is 15.5. The van der Waals surface area contributed by atoms with Crippen molar-refractivity contribution in [3.8, 4) is 0 Å². The van der Waals surface area contributed by atoms with E-state index in [9.17, 15) is 21.9 Å². The van der Waals surface area contributed by atoms with Crippen LogP contribution in [0.1, 0.15) is 70.3 Å². The number of benzene rings is 1. The summed E-state index contributed by atoms with van der Waals surface area (Å²) in [5.41, 5.74) is 1.25. The average Bonchev–Trinajstić information content (AvgIpc) is 2.94. The first kappa shape index (κ1) is 34.2. The van der Waals surface area contributed by atoms with E-state index >= 15 is 0 Å².